The zero-order valence-electron chi connectivity index (χ0n) is 11.1. The molecule has 2 heterocycles. The van der Waals surface area contributed by atoms with Crippen molar-refractivity contribution in [3.8, 4) is 0 Å². The summed E-state index contributed by atoms with van der Waals surface area (Å²) in [5.41, 5.74) is 4.77. The van der Waals surface area contributed by atoms with Gasteiger partial charge >= 0.3 is 0 Å². The summed E-state index contributed by atoms with van der Waals surface area (Å²) in [5.74, 6) is 0. The van der Waals surface area contributed by atoms with Crippen molar-refractivity contribution in [2.24, 2.45) is 0 Å². The van der Waals surface area contributed by atoms with E-state index >= 15 is 0 Å². The second kappa shape index (κ2) is 4.79. The summed E-state index contributed by atoms with van der Waals surface area (Å²) >= 11 is 1.68. The first-order chi connectivity index (χ1) is 9.15. The van der Waals surface area contributed by atoms with Crippen LogP contribution in [0.1, 0.15) is 27.3 Å². The molecule has 0 aliphatic rings. The smallest absolute Gasteiger partial charge is 0.194 e. The van der Waals surface area contributed by atoms with E-state index in [1.807, 2.05) is 4.40 Å². The molecule has 0 unspecified atom stereocenters. The predicted octanol–water partition coefficient (Wildman–Crippen LogP) is 3.10. The van der Waals surface area contributed by atoms with Crippen molar-refractivity contribution < 1.29 is 5.11 Å². The van der Waals surface area contributed by atoms with Crippen molar-refractivity contribution >= 4 is 16.3 Å². The largest absolute Gasteiger partial charge is 0.390 e. The summed E-state index contributed by atoms with van der Waals surface area (Å²) < 4.78 is 1.97. The number of nitrogens with zero attached hydrogens (tertiary/aromatic N) is 2. The summed E-state index contributed by atoms with van der Waals surface area (Å²) in [6, 6.07) is 6.64. The molecule has 0 aliphatic carbocycles. The minimum atomic E-state index is 0.0287. The third-order valence-electron chi connectivity index (χ3n) is 3.16. The van der Waals surface area contributed by atoms with E-state index in [1.165, 1.54) is 21.6 Å². The molecule has 98 valence electrons. The van der Waals surface area contributed by atoms with E-state index in [1.54, 1.807) is 17.5 Å². The van der Waals surface area contributed by atoms with Gasteiger partial charge in [0.2, 0.25) is 0 Å². The number of aromatic nitrogens is 2. The van der Waals surface area contributed by atoms with E-state index in [0.29, 0.717) is 0 Å². The lowest BCUT2D eigenvalue weighted by Gasteiger charge is -2.03. The van der Waals surface area contributed by atoms with Gasteiger partial charge in [0.05, 0.1) is 18.5 Å². The highest BCUT2D eigenvalue weighted by molar-refractivity contribution is 7.17. The number of hydrogen-bond acceptors (Lipinski definition) is 3. The van der Waals surface area contributed by atoms with Gasteiger partial charge in [-0.25, -0.2) is 4.98 Å². The Balaban J connectivity index is 1.94. The van der Waals surface area contributed by atoms with Gasteiger partial charge in [0, 0.05) is 17.5 Å². The fourth-order valence-corrected chi connectivity index (χ4v) is 3.45. The molecule has 0 fully saturated rings. The minimum absolute atomic E-state index is 0.0287. The predicted molar refractivity (Wildman–Crippen MR) is 77.7 cm³/mol. The molecule has 0 aliphatic heterocycles. The van der Waals surface area contributed by atoms with Crippen LogP contribution in [0.5, 0.6) is 0 Å². The molecule has 0 radical (unpaired) electrons. The Morgan fingerprint density at radius 1 is 1.21 bits per heavy atom. The number of fused-ring (bicyclic) bond motifs is 1. The maximum Gasteiger partial charge on any atom is 0.194 e. The summed E-state index contributed by atoms with van der Waals surface area (Å²) in [6.45, 7) is 4.28. The molecule has 0 atom stereocenters. The minimum Gasteiger partial charge on any atom is -0.390 e. The van der Waals surface area contributed by atoms with Gasteiger partial charge in [-0.2, -0.15) is 0 Å². The van der Waals surface area contributed by atoms with Crippen LogP contribution < -0.4 is 0 Å². The van der Waals surface area contributed by atoms with E-state index in [2.05, 4.69) is 43.2 Å². The van der Waals surface area contributed by atoms with Crippen LogP contribution in [0.3, 0.4) is 0 Å². The van der Waals surface area contributed by atoms with Gasteiger partial charge in [0.1, 0.15) is 0 Å². The monoisotopic (exact) mass is 272 g/mol. The molecule has 3 aromatic rings. The second-order valence-corrected chi connectivity index (χ2v) is 6.02. The number of imidazole rings is 1. The average molecular weight is 272 g/mol. The summed E-state index contributed by atoms with van der Waals surface area (Å²) in [5, 5.41) is 9.24. The number of benzene rings is 1. The van der Waals surface area contributed by atoms with Crippen molar-refractivity contribution in [3.63, 3.8) is 0 Å². The number of aryl methyl sites for hydroxylation is 2. The SMILES string of the molecule is Cc1cc(C)cc(Cc2cn3c(CO)cnc3s2)c1. The number of aliphatic hydroxyl groups excluding tert-OH is 1. The van der Waals surface area contributed by atoms with Crippen molar-refractivity contribution in [3.05, 3.63) is 57.9 Å². The van der Waals surface area contributed by atoms with Crippen LogP contribution in [0.25, 0.3) is 4.96 Å². The zero-order chi connectivity index (χ0) is 13.4. The third-order valence-corrected chi connectivity index (χ3v) is 4.15. The van der Waals surface area contributed by atoms with Gasteiger partial charge in [-0.15, -0.1) is 11.3 Å². The number of hydrogen-bond donors (Lipinski definition) is 1. The maximum absolute atomic E-state index is 9.24. The van der Waals surface area contributed by atoms with Crippen LogP contribution in [0.2, 0.25) is 0 Å². The number of aliphatic hydroxyl groups is 1. The number of thiazole rings is 1. The van der Waals surface area contributed by atoms with E-state index in [-0.39, 0.29) is 6.61 Å². The fraction of sp³-hybridized carbons (Fsp3) is 0.267. The summed E-state index contributed by atoms with van der Waals surface area (Å²) in [6.07, 6.45) is 4.73. The van der Waals surface area contributed by atoms with Crippen LogP contribution >= 0.6 is 11.3 Å². The van der Waals surface area contributed by atoms with Gasteiger partial charge in [-0.05, 0) is 19.4 Å². The van der Waals surface area contributed by atoms with Gasteiger partial charge < -0.3 is 5.11 Å². The lowest BCUT2D eigenvalue weighted by Crippen LogP contribution is -1.90. The Kier molecular flexibility index (Phi) is 3.12. The molecule has 0 bridgehead atoms. The molecule has 3 rings (SSSR count). The van der Waals surface area contributed by atoms with Crippen molar-refractivity contribution in [2.75, 3.05) is 0 Å². The van der Waals surface area contributed by atoms with E-state index in [0.717, 1.165) is 17.1 Å². The lowest BCUT2D eigenvalue weighted by atomic mass is 10.0. The molecule has 0 saturated carbocycles. The maximum atomic E-state index is 9.24. The molecule has 0 saturated heterocycles. The molecule has 1 N–H and O–H groups in total. The molecule has 0 spiro atoms. The van der Waals surface area contributed by atoms with Gasteiger partial charge in [0.25, 0.3) is 0 Å². The third kappa shape index (κ3) is 2.41. The van der Waals surface area contributed by atoms with Crippen molar-refractivity contribution in [1.29, 1.82) is 0 Å². The number of rotatable bonds is 3. The first-order valence-electron chi connectivity index (χ1n) is 6.28. The van der Waals surface area contributed by atoms with E-state index < -0.39 is 0 Å². The topological polar surface area (TPSA) is 37.5 Å². The Labute approximate surface area is 116 Å². The molecular formula is C15H16N2OS. The second-order valence-electron chi connectivity index (χ2n) is 4.93. The van der Waals surface area contributed by atoms with Crippen LogP contribution in [0.15, 0.2) is 30.6 Å². The van der Waals surface area contributed by atoms with E-state index in [9.17, 15) is 5.11 Å². The molecule has 2 aromatic heterocycles. The van der Waals surface area contributed by atoms with Gasteiger partial charge in [-0.1, -0.05) is 29.3 Å². The van der Waals surface area contributed by atoms with Crippen LogP contribution in [0.4, 0.5) is 0 Å². The Morgan fingerprint density at radius 3 is 2.63 bits per heavy atom. The fourth-order valence-electron chi connectivity index (χ4n) is 2.45. The molecule has 19 heavy (non-hydrogen) atoms. The van der Waals surface area contributed by atoms with Gasteiger partial charge in [0.15, 0.2) is 4.96 Å². The first kappa shape index (κ1) is 12.4. The molecule has 0 amide bonds. The Bertz CT molecular complexity index is 707. The quantitative estimate of drug-likeness (QED) is 0.795. The van der Waals surface area contributed by atoms with Crippen LogP contribution in [-0.4, -0.2) is 14.5 Å². The standard InChI is InChI=1S/C15H16N2OS/c1-10-3-11(2)5-12(4-10)6-14-8-17-13(9-18)7-16-15(17)19-14/h3-5,7-8,18H,6,9H2,1-2H3. The molecule has 1 aromatic carbocycles. The normalized spacial score (nSPS) is 11.3. The Morgan fingerprint density at radius 2 is 1.95 bits per heavy atom. The average Bonchev–Trinajstić information content (AvgIpc) is 2.86. The van der Waals surface area contributed by atoms with Crippen LogP contribution in [-0.2, 0) is 13.0 Å². The highest BCUT2D eigenvalue weighted by Gasteiger charge is 2.08. The Hall–Kier alpha value is -1.65. The molecule has 3 nitrogen and oxygen atoms in total. The molecular weight excluding hydrogens is 256 g/mol. The van der Waals surface area contributed by atoms with E-state index in [4.69, 9.17) is 0 Å². The highest BCUT2D eigenvalue weighted by Crippen LogP contribution is 2.22. The van der Waals surface area contributed by atoms with Crippen LogP contribution in [0, 0.1) is 13.8 Å². The zero-order valence-corrected chi connectivity index (χ0v) is 11.9. The molecule has 4 heteroatoms. The van der Waals surface area contributed by atoms with Crippen molar-refractivity contribution in [1.82, 2.24) is 9.38 Å². The van der Waals surface area contributed by atoms with Gasteiger partial charge in [-0.3, -0.25) is 4.40 Å². The summed E-state index contributed by atoms with van der Waals surface area (Å²) in [4.78, 5) is 6.52. The first-order valence-corrected chi connectivity index (χ1v) is 7.10. The summed E-state index contributed by atoms with van der Waals surface area (Å²) in [7, 11) is 0. The lowest BCUT2D eigenvalue weighted by molar-refractivity contribution is 0.276. The van der Waals surface area contributed by atoms with Crippen molar-refractivity contribution in [2.45, 2.75) is 26.9 Å². The highest BCUT2D eigenvalue weighted by atomic mass is 32.1.